The van der Waals surface area contributed by atoms with Crippen LogP contribution in [0.2, 0.25) is 0 Å². The third kappa shape index (κ3) is 5.14. The number of amides is 2. The van der Waals surface area contributed by atoms with Crippen molar-refractivity contribution < 1.29 is 14.3 Å². The van der Waals surface area contributed by atoms with Crippen LogP contribution in [-0.2, 0) is 14.3 Å². The standard InChI is InChI=1S/C25H31N3O3/c1-5-27(6-2)21-14-12-20(13-15-21)26-23-22(19-10-8-7-9-11-19)24(29)28(25(23)30)16-17-31-18(3)4/h7-15,18,26H,5-6,16-17H2,1-4H3. The van der Waals surface area contributed by atoms with Crippen LogP contribution in [0.5, 0.6) is 0 Å². The smallest absolute Gasteiger partial charge is 0.278 e. The van der Waals surface area contributed by atoms with Gasteiger partial charge in [0.1, 0.15) is 5.70 Å². The van der Waals surface area contributed by atoms with Crippen molar-refractivity contribution in [2.75, 3.05) is 36.5 Å². The van der Waals surface area contributed by atoms with Crippen LogP contribution in [0.3, 0.4) is 0 Å². The lowest BCUT2D eigenvalue weighted by Crippen LogP contribution is -2.35. The number of hydrogen-bond acceptors (Lipinski definition) is 5. The zero-order valence-corrected chi connectivity index (χ0v) is 18.7. The lowest BCUT2D eigenvalue weighted by Gasteiger charge is -2.21. The molecule has 0 saturated heterocycles. The van der Waals surface area contributed by atoms with Crippen LogP contribution < -0.4 is 10.2 Å². The van der Waals surface area contributed by atoms with Crippen LogP contribution in [0.4, 0.5) is 11.4 Å². The fourth-order valence-corrected chi connectivity index (χ4v) is 3.64. The fraction of sp³-hybridized carbons (Fsp3) is 0.360. The van der Waals surface area contributed by atoms with E-state index in [4.69, 9.17) is 4.74 Å². The number of carbonyl (C=O) groups excluding carboxylic acids is 2. The Hall–Kier alpha value is -3.12. The van der Waals surface area contributed by atoms with Crippen molar-refractivity contribution in [3.05, 3.63) is 65.9 Å². The van der Waals surface area contributed by atoms with E-state index in [2.05, 4.69) is 24.1 Å². The highest BCUT2D eigenvalue weighted by molar-refractivity contribution is 6.36. The summed E-state index contributed by atoms with van der Waals surface area (Å²) >= 11 is 0. The van der Waals surface area contributed by atoms with Crippen LogP contribution >= 0.6 is 0 Å². The summed E-state index contributed by atoms with van der Waals surface area (Å²) in [4.78, 5) is 29.8. The van der Waals surface area contributed by atoms with E-state index in [-0.39, 0.29) is 24.5 Å². The van der Waals surface area contributed by atoms with Gasteiger partial charge >= 0.3 is 0 Å². The van der Waals surface area contributed by atoms with Crippen molar-refractivity contribution in [1.29, 1.82) is 0 Å². The SMILES string of the molecule is CCN(CC)c1ccc(NC2=C(c3ccccc3)C(=O)N(CCOC(C)C)C2=O)cc1. The Bertz CT molecular complexity index is 932. The minimum Gasteiger partial charge on any atom is -0.377 e. The maximum atomic E-state index is 13.2. The van der Waals surface area contributed by atoms with E-state index < -0.39 is 0 Å². The van der Waals surface area contributed by atoms with Crippen LogP contribution in [-0.4, -0.2) is 49.1 Å². The van der Waals surface area contributed by atoms with Gasteiger partial charge in [-0.3, -0.25) is 14.5 Å². The number of nitrogens with zero attached hydrogens (tertiary/aromatic N) is 2. The zero-order valence-electron chi connectivity index (χ0n) is 18.7. The molecule has 1 aliphatic heterocycles. The molecule has 6 heteroatoms. The summed E-state index contributed by atoms with van der Waals surface area (Å²) in [6.45, 7) is 10.5. The van der Waals surface area contributed by atoms with Gasteiger partial charge in [0.15, 0.2) is 0 Å². The molecule has 3 rings (SSSR count). The molecular formula is C25H31N3O3. The molecular weight excluding hydrogens is 390 g/mol. The number of nitrogens with one attached hydrogen (secondary N) is 1. The van der Waals surface area contributed by atoms with Gasteiger partial charge in [-0.05, 0) is 57.5 Å². The molecule has 0 bridgehead atoms. The number of benzene rings is 2. The number of anilines is 2. The number of hydrogen-bond donors (Lipinski definition) is 1. The van der Waals surface area contributed by atoms with E-state index >= 15 is 0 Å². The summed E-state index contributed by atoms with van der Waals surface area (Å²) < 4.78 is 5.56. The zero-order chi connectivity index (χ0) is 22.4. The van der Waals surface area contributed by atoms with Crippen LogP contribution in [0.25, 0.3) is 5.57 Å². The molecule has 0 spiro atoms. The van der Waals surface area contributed by atoms with Gasteiger partial charge < -0.3 is 15.0 Å². The molecule has 0 saturated carbocycles. The second-order valence-corrected chi connectivity index (χ2v) is 7.64. The first-order valence-electron chi connectivity index (χ1n) is 10.9. The summed E-state index contributed by atoms with van der Waals surface area (Å²) in [7, 11) is 0. The predicted octanol–water partition coefficient (Wildman–Crippen LogP) is 4.15. The quantitative estimate of drug-likeness (QED) is 0.584. The number of carbonyl (C=O) groups is 2. The first kappa shape index (κ1) is 22.6. The topological polar surface area (TPSA) is 61.9 Å². The first-order chi connectivity index (χ1) is 15.0. The largest absolute Gasteiger partial charge is 0.377 e. The highest BCUT2D eigenvalue weighted by Crippen LogP contribution is 2.30. The van der Waals surface area contributed by atoms with E-state index in [1.54, 1.807) is 0 Å². The number of ether oxygens (including phenoxy) is 1. The average Bonchev–Trinajstić information content (AvgIpc) is 3.00. The minimum atomic E-state index is -0.330. The highest BCUT2D eigenvalue weighted by Gasteiger charge is 2.38. The van der Waals surface area contributed by atoms with Gasteiger partial charge in [-0.2, -0.15) is 0 Å². The van der Waals surface area contributed by atoms with Crippen molar-refractivity contribution >= 4 is 28.8 Å². The van der Waals surface area contributed by atoms with Gasteiger partial charge in [0.05, 0.1) is 24.8 Å². The second kappa shape index (κ2) is 10.3. The van der Waals surface area contributed by atoms with Gasteiger partial charge in [-0.1, -0.05) is 30.3 Å². The van der Waals surface area contributed by atoms with Gasteiger partial charge in [0.2, 0.25) is 0 Å². The first-order valence-corrected chi connectivity index (χ1v) is 10.9. The van der Waals surface area contributed by atoms with Crippen molar-refractivity contribution in [2.24, 2.45) is 0 Å². The second-order valence-electron chi connectivity index (χ2n) is 7.64. The van der Waals surface area contributed by atoms with E-state index in [1.165, 1.54) is 4.90 Å². The fourth-order valence-electron chi connectivity index (χ4n) is 3.64. The summed E-state index contributed by atoms with van der Waals surface area (Å²) in [5.41, 5.74) is 3.30. The molecule has 0 aliphatic carbocycles. The molecule has 2 amide bonds. The Kier molecular flexibility index (Phi) is 7.47. The van der Waals surface area contributed by atoms with Gasteiger partial charge in [-0.25, -0.2) is 0 Å². The molecule has 0 fully saturated rings. The van der Waals surface area contributed by atoms with Crippen molar-refractivity contribution in [2.45, 2.75) is 33.8 Å². The van der Waals surface area contributed by atoms with Crippen LogP contribution in [0.1, 0.15) is 33.3 Å². The molecule has 0 aromatic heterocycles. The lowest BCUT2D eigenvalue weighted by molar-refractivity contribution is -0.137. The molecule has 1 aliphatic rings. The summed E-state index contributed by atoms with van der Waals surface area (Å²) in [6, 6.07) is 17.2. The summed E-state index contributed by atoms with van der Waals surface area (Å²) in [6.07, 6.45) is 0.0382. The monoisotopic (exact) mass is 421 g/mol. The maximum Gasteiger partial charge on any atom is 0.278 e. The van der Waals surface area contributed by atoms with Gasteiger partial charge in [0.25, 0.3) is 11.8 Å². The molecule has 0 atom stereocenters. The molecule has 2 aromatic carbocycles. The summed E-state index contributed by atoms with van der Waals surface area (Å²) in [5, 5.41) is 3.21. The number of imide groups is 1. The average molecular weight is 422 g/mol. The Labute approximate surface area is 184 Å². The molecule has 31 heavy (non-hydrogen) atoms. The van der Waals surface area contributed by atoms with Gasteiger partial charge in [0, 0.05) is 24.5 Å². The van der Waals surface area contributed by atoms with E-state index in [0.717, 1.165) is 30.0 Å². The lowest BCUT2D eigenvalue weighted by atomic mass is 10.0. The van der Waals surface area contributed by atoms with E-state index in [9.17, 15) is 9.59 Å². The normalized spacial score (nSPS) is 14.0. The van der Waals surface area contributed by atoms with Crippen LogP contribution in [0, 0.1) is 0 Å². The molecule has 164 valence electrons. The molecule has 6 nitrogen and oxygen atoms in total. The number of rotatable bonds is 10. The molecule has 0 radical (unpaired) electrons. The Balaban J connectivity index is 1.89. The maximum absolute atomic E-state index is 13.2. The van der Waals surface area contributed by atoms with Crippen molar-refractivity contribution in [3.63, 3.8) is 0 Å². The summed E-state index contributed by atoms with van der Waals surface area (Å²) in [5.74, 6) is -0.630. The molecule has 1 heterocycles. The van der Waals surface area contributed by atoms with Crippen LogP contribution in [0.15, 0.2) is 60.3 Å². The third-order valence-corrected chi connectivity index (χ3v) is 5.26. The third-order valence-electron chi connectivity index (χ3n) is 5.26. The Morgan fingerprint density at radius 2 is 1.58 bits per heavy atom. The Morgan fingerprint density at radius 1 is 0.935 bits per heavy atom. The van der Waals surface area contributed by atoms with Gasteiger partial charge in [-0.15, -0.1) is 0 Å². The van der Waals surface area contributed by atoms with Crippen molar-refractivity contribution in [3.8, 4) is 0 Å². The minimum absolute atomic E-state index is 0.0382. The van der Waals surface area contributed by atoms with E-state index in [1.807, 2.05) is 68.4 Å². The molecule has 2 aromatic rings. The predicted molar refractivity (Wildman–Crippen MR) is 125 cm³/mol. The highest BCUT2D eigenvalue weighted by atomic mass is 16.5. The van der Waals surface area contributed by atoms with Crippen molar-refractivity contribution in [1.82, 2.24) is 4.90 Å². The van der Waals surface area contributed by atoms with E-state index in [0.29, 0.717) is 17.9 Å². The molecule has 1 N–H and O–H groups in total. The molecule has 0 unspecified atom stereocenters. The Morgan fingerprint density at radius 3 is 2.16 bits per heavy atom.